The summed E-state index contributed by atoms with van der Waals surface area (Å²) in [6.45, 7) is 2.06. The van der Waals surface area contributed by atoms with Gasteiger partial charge in [-0.2, -0.15) is 0 Å². The van der Waals surface area contributed by atoms with Crippen molar-refractivity contribution in [2.45, 2.75) is 6.92 Å². The fourth-order valence-electron chi connectivity index (χ4n) is 1.32. The van der Waals surface area contributed by atoms with Crippen LogP contribution in [0.5, 0.6) is 5.75 Å². The van der Waals surface area contributed by atoms with Gasteiger partial charge < -0.3 is 4.74 Å². The molecule has 0 N–H and O–H groups in total. The molecule has 1 nitrogen and oxygen atoms in total. The largest absolute Gasteiger partial charge is 0.496 e. The molecule has 1 aromatic carbocycles. The van der Waals surface area contributed by atoms with Crippen molar-refractivity contribution in [3.05, 3.63) is 29.1 Å². The Labute approximate surface area is 75.6 Å². The maximum absolute atomic E-state index is 5.25. The number of hydrogen-bond acceptors (Lipinski definition) is 2. The smallest absolute Gasteiger partial charge is 0.127 e. The van der Waals surface area contributed by atoms with Gasteiger partial charge in [-0.25, -0.2) is 0 Å². The van der Waals surface area contributed by atoms with Crippen LogP contribution in [-0.4, -0.2) is 7.11 Å². The summed E-state index contributed by atoms with van der Waals surface area (Å²) in [6.07, 6.45) is 0. The predicted octanol–water partition coefficient (Wildman–Crippen LogP) is 3.02. The van der Waals surface area contributed by atoms with Crippen molar-refractivity contribution >= 4 is 21.4 Å². The number of hydrogen-bond donors (Lipinski definition) is 0. The molecule has 0 amide bonds. The van der Waals surface area contributed by atoms with Crippen LogP contribution in [0, 0.1) is 12.3 Å². The van der Waals surface area contributed by atoms with E-state index in [-0.39, 0.29) is 0 Å². The predicted molar refractivity (Wildman–Crippen MR) is 52.0 cm³/mol. The fraction of sp³-hybridized carbons (Fsp3) is 0.200. The van der Waals surface area contributed by atoms with Gasteiger partial charge in [-0.15, -0.1) is 11.3 Å². The first kappa shape index (κ1) is 7.62. The van der Waals surface area contributed by atoms with E-state index in [1.807, 2.05) is 12.1 Å². The molecule has 0 fully saturated rings. The third-order valence-electron chi connectivity index (χ3n) is 1.90. The summed E-state index contributed by atoms with van der Waals surface area (Å²) in [6, 6.07) is 6.08. The molecule has 1 radical (unpaired) electrons. The van der Waals surface area contributed by atoms with Gasteiger partial charge in [-0.05, 0) is 24.6 Å². The topological polar surface area (TPSA) is 9.23 Å². The Morgan fingerprint density at radius 3 is 3.00 bits per heavy atom. The monoisotopic (exact) mass is 177 g/mol. The zero-order chi connectivity index (χ0) is 8.55. The quantitative estimate of drug-likeness (QED) is 0.650. The number of ether oxygens (including phenoxy) is 1. The number of aryl methyl sites for hydroxylation is 1. The van der Waals surface area contributed by atoms with E-state index in [1.165, 1.54) is 15.6 Å². The zero-order valence-corrected chi connectivity index (χ0v) is 7.87. The molecule has 12 heavy (non-hydrogen) atoms. The molecule has 0 aliphatic heterocycles. The van der Waals surface area contributed by atoms with Crippen molar-refractivity contribution in [3.8, 4) is 5.75 Å². The van der Waals surface area contributed by atoms with E-state index < -0.39 is 0 Å². The highest BCUT2D eigenvalue weighted by Crippen LogP contribution is 2.32. The maximum Gasteiger partial charge on any atom is 0.127 e. The second kappa shape index (κ2) is 2.79. The SMILES string of the molecule is COc1cccc2s[c]c(C)c12. The Kier molecular flexibility index (Phi) is 1.77. The van der Waals surface area contributed by atoms with E-state index in [2.05, 4.69) is 18.4 Å². The molecule has 2 rings (SSSR count). The summed E-state index contributed by atoms with van der Waals surface area (Å²) in [7, 11) is 1.70. The Hall–Kier alpha value is -1.02. The highest BCUT2D eigenvalue weighted by Gasteiger charge is 2.04. The van der Waals surface area contributed by atoms with Crippen molar-refractivity contribution in [1.82, 2.24) is 0 Å². The lowest BCUT2D eigenvalue weighted by Crippen LogP contribution is -1.82. The van der Waals surface area contributed by atoms with E-state index in [1.54, 1.807) is 18.4 Å². The molecule has 0 saturated carbocycles. The van der Waals surface area contributed by atoms with Crippen LogP contribution in [0.2, 0.25) is 0 Å². The Morgan fingerprint density at radius 2 is 2.25 bits per heavy atom. The second-order valence-corrected chi connectivity index (χ2v) is 3.51. The third-order valence-corrected chi connectivity index (χ3v) is 2.87. The molecule has 61 valence electrons. The van der Waals surface area contributed by atoms with E-state index in [0.29, 0.717) is 0 Å². The minimum atomic E-state index is 0.947. The molecule has 2 heteroatoms. The summed E-state index contributed by atoms with van der Waals surface area (Å²) >= 11 is 1.64. The van der Waals surface area contributed by atoms with Crippen molar-refractivity contribution < 1.29 is 4.74 Å². The molecule has 2 aromatic rings. The van der Waals surface area contributed by atoms with Gasteiger partial charge >= 0.3 is 0 Å². The Balaban J connectivity index is 2.84. The van der Waals surface area contributed by atoms with Gasteiger partial charge in [0.25, 0.3) is 0 Å². The molecular weight excluding hydrogens is 168 g/mol. The van der Waals surface area contributed by atoms with Crippen molar-refractivity contribution in [3.63, 3.8) is 0 Å². The lowest BCUT2D eigenvalue weighted by atomic mass is 10.2. The fourth-order valence-corrected chi connectivity index (χ4v) is 2.19. The van der Waals surface area contributed by atoms with E-state index in [4.69, 9.17) is 4.74 Å². The molecule has 0 atom stereocenters. The second-order valence-electron chi connectivity index (χ2n) is 2.66. The minimum Gasteiger partial charge on any atom is -0.496 e. The highest BCUT2D eigenvalue weighted by atomic mass is 32.1. The molecule has 1 heterocycles. The van der Waals surface area contributed by atoms with Gasteiger partial charge in [0.05, 0.1) is 7.11 Å². The maximum atomic E-state index is 5.25. The molecular formula is C10H9OS. The first-order valence-electron chi connectivity index (χ1n) is 3.76. The van der Waals surface area contributed by atoms with Gasteiger partial charge in [-0.1, -0.05) is 6.07 Å². The van der Waals surface area contributed by atoms with Crippen LogP contribution in [0.1, 0.15) is 5.56 Å². The normalized spacial score (nSPS) is 10.5. The zero-order valence-electron chi connectivity index (χ0n) is 7.05. The summed E-state index contributed by atoms with van der Waals surface area (Å²) in [5.74, 6) is 0.947. The average Bonchev–Trinajstić information content (AvgIpc) is 2.48. The molecule has 1 aromatic heterocycles. The molecule has 0 unspecified atom stereocenters. The van der Waals surface area contributed by atoms with Crippen LogP contribution < -0.4 is 4.74 Å². The lowest BCUT2D eigenvalue weighted by Gasteiger charge is -2.01. The molecule has 0 spiro atoms. The first-order chi connectivity index (χ1) is 5.83. The van der Waals surface area contributed by atoms with Crippen molar-refractivity contribution in [2.24, 2.45) is 0 Å². The number of methoxy groups -OCH3 is 1. The Bertz CT molecular complexity index is 403. The lowest BCUT2D eigenvalue weighted by molar-refractivity contribution is 0.420. The van der Waals surface area contributed by atoms with Gasteiger partial charge in [0, 0.05) is 15.5 Å². The number of fused-ring (bicyclic) bond motifs is 1. The summed E-state index contributed by atoms with van der Waals surface area (Å²) in [5.41, 5.74) is 1.17. The standard InChI is InChI=1S/C10H9OS/c1-7-6-12-9-5-3-4-8(11-2)10(7)9/h3-5H,1-2H3. The van der Waals surface area contributed by atoms with Crippen LogP contribution in [-0.2, 0) is 0 Å². The summed E-state index contributed by atoms with van der Waals surface area (Å²) < 4.78 is 6.50. The van der Waals surface area contributed by atoms with E-state index >= 15 is 0 Å². The van der Waals surface area contributed by atoms with Crippen LogP contribution in [0.15, 0.2) is 18.2 Å². The van der Waals surface area contributed by atoms with Gasteiger partial charge in [0.2, 0.25) is 0 Å². The van der Waals surface area contributed by atoms with Crippen LogP contribution in [0.3, 0.4) is 0 Å². The third kappa shape index (κ3) is 0.994. The van der Waals surface area contributed by atoms with Gasteiger partial charge in [0.1, 0.15) is 5.75 Å². The number of thiophene rings is 1. The molecule has 0 aliphatic rings. The molecule has 0 aliphatic carbocycles. The molecule has 0 saturated heterocycles. The number of rotatable bonds is 1. The van der Waals surface area contributed by atoms with Crippen LogP contribution in [0.25, 0.3) is 10.1 Å². The van der Waals surface area contributed by atoms with Gasteiger partial charge in [-0.3, -0.25) is 0 Å². The van der Waals surface area contributed by atoms with Crippen molar-refractivity contribution in [2.75, 3.05) is 7.11 Å². The average molecular weight is 177 g/mol. The van der Waals surface area contributed by atoms with Crippen LogP contribution in [0.4, 0.5) is 0 Å². The minimum absolute atomic E-state index is 0.947. The van der Waals surface area contributed by atoms with E-state index in [0.717, 1.165) is 5.75 Å². The van der Waals surface area contributed by atoms with E-state index in [9.17, 15) is 0 Å². The summed E-state index contributed by atoms with van der Waals surface area (Å²) in [4.78, 5) is 0. The first-order valence-corrected chi connectivity index (χ1v) is 4.58. The van der Waals surface area contributed by atoms with Crippen LogP contribution >= 0.6 is 11.3 Å². The number of benzene rings is 1. The van der Waals surface area contributed by atoms with Gasteiger partial charge in [0.15, 0.2) is 0 Å². The molecule has 0 bridgehead atoms. The van der Waals surface area contributed by atoms with Crippen molar-refractivity contribution in [1.29, 1.82) is 0 Å². The summed E-state index contributed by atoms with van der Waals surface area (Å²) in [5, 5.41) is 4.41. The highest BCUT2D eigenvalue weighted by molar-refractivity contribution is 7.17. The Morgan fingerprint density at radius 1 is 1.42 bits per heavy atom.